The summed E-state index contributed by atoms with van der Waals surface area (Å²) >= 11 is 0. The van der Waals surface area contributed by atoms with Crippen LogP contribution in [0.15, 0.2) is 42.5 Å². The number of aryl methyl sites for hydroxylation is 1. The molecular weight excluding hydrogens is 335 g/mol. The minimum atomic E-state index is -0.827. The van der Waals surface area contributed by atoms with Crippen LogP contribution in [0.2, 0.25) is 0 Å². The number of halogens is 1. The molecule has 0 saturated heterocycles. The van der Waals surface area contributed by atoms with Crippen molar-refractivity contribution in [3.8, 4) is 5.75 Å². The first kappa shape index (κ1) is 19.4. The molecule has 6 heteroatoms. The van der Waals surface area contributed by atoms with Gasteiger partial charge in [-0.05, 0) is 42.7 Å². The van der Waals surface area contributed by atoms with Gasteiger partial charge in [0.05, 0.1) is 18.4 Å². The molecule has 0 fully saturated rings. The van der Waals surface area contributed by atoms with E-state index in [2.05, 4.69) is 10.6 Å². The standard InChI is InChI=1S/C20H23FN2O3/c1-12(2)18(23-19(24)14-7-5-6-8-15(14)21)20(25)22-16-11-13(3)9-10-17(16)26-4/h5-12,18H,1-4H3,(H,22,25)(H,23,24)/t18-/m0/s1. The number of amides is 2. The molecule has 0 aliphatic rings. The lowest BCUT2D eigenvalue weighted by Crippen LogP contribution is -2.47. The van der Waals surface area contributed by atoms with E-state index in [4.69, 9.17) is 4.74 Å². The first-order valence-corrected chi connectivity index (χ1v) is 8.34. The Hall–Kier alpha value is -2.89. The Balaban J connectivity index is 2.19. The third kappa shape index (κ3) is 4.59. The summed E-state index contributed by atoms with van der Waals surface area (Å²) in [6.45, 7) is 5.51. The second kappa shape index (κ2) is 8.47. The van der Waals surface area contributed by atoms with E-state index in [1.54, 1.807) is 32.0 Å². The van der Waals surface area contributed by atoms with Crippen molar-refractivity contribution in [3.63, 3.8) is 0 Å². The molecule has 0 spiro atoms. The first-order chi connectivity index (χ1) is 12.3. The van der Waals surface area contributed by atoms with Gasteiger partial charge in [-0.2, -0.15) is 0 Å². The van der Waals surface area contributed by atoms with Gasteiger partial charge in [0, 0.05) is 0 Å². The molecule has 0 bridgehead atoms. The minimum Gasteiger partial charge on any atom is -0.495 e. The highest BCUT2D eigenvalue weighted by molar-refractivity contribution is 6.02. The van der Waals surface area contributed by atoms with Crippen LogP contribution in [0.3, 0.4) is 0 Å². The monoisotopic (exact) mass is 358 g/mol. The normalized spacial score (nSPS) is 11.8. The number of benzene rings is 2. The predicted molar refractivity (Wildman–Crippen MR) is 98.9 cm³/mol. The molecule has 2 rings (SSSR count). The van der Waals surface area contributed by atoms with Crippen molar-refractivity contribution in [3.05, 3.63) is 59.4 Å². The molecule has 5 nitrogen and oxygen atoms in total. The zero-order chi connectivity index (χ0) is 19.3. The molecule has 0 heterocycles. The van der Waals surface area contributed by atoms with Crippen LogP contribution in [0.25, 0.3) is 0 Å². The summed E-state index contributed by atoms with van der Waals surface area (Å²) in [4.78, 5) is 25.1. The van der Waals surface area contributed by atoms with Gasteiger partial charge in [0.25, 0.3) is 5.91 Å². The average molecular weight is 358 g/mol. The topological polar surface area (TPSA) is 67.4 Å². The van der Waals surface area contributed by atoms with Crippen LogP contribution in [0.4, 0.5) is 10.1 Å². The third-order valence-electron chi connectivity index (χ3n) is 3.97. The van der Waals surface area contributed by atoms with Crippen molar-refractivity contribution >= 4 is 17.5 Å². The maximum Gasteiger partial charge on any atom is 0.254 e. The van der Waals surface area contributed by atoms with E-state index < -0.39 is 23.7 Å². The summed E-state index contributed by atoms with van der Waals surface area (Å²) in [5.74, 6) is -1.33. The van der Waals surface area contributed by atoms with Gasteiger partial charge >= 0.3 is 0 Å². The minimum absolute atomic E-state index is 0.0981. The molecule has 2 aromatic rings. The molecular formula is C20H23FN2O3. The second-order valence-electron chi connectivity index (χ2n) is 6.37. The number of rotatable bonds is 6. The highest BCUT2D eigenvalue weighted by Crippen LogP contribution is 2.25. The number of methoxy groups -OCH3 is 1. The molecule has 138 valence electrons. The summed E-state index contributed by atoms with van der Waals surface area (Å²) in [7, 11) is 1.51. The van der Waals surface area contributed by atoms with Crippen LogP contribution in [0.5, 0.6) is 5.75 Å². The maximum atomic E-state index is 13.8. The molecule has 2 amide bonds. The number of anilines is 1. The maximum absolute atomic E-state index is 13.8. The van der Waals surface area contributed by atoms with Gasteiger partial charge in [-0.25, -0.2) is 4.39 Å². The predicted octanol–water partition coefficient (Wildman–Crippen LogP) is 3.54. The van der Waals surface area contributed by atoms with E-state index in [0.717, 1.165) is 5.56 Å². The number of hydrogen-bond donors (Lipinski definition) is 2. The van der Waals surface area contributed by atoms with E-state index in [0.29, 0.717) is 11.4 Å². The second-order valence-corrected chi connectivity index (χ2v) is 6.37. The largest absolute Gasteiger partial charge is 0.495 e. The molecule has 0 aromatic heterocycles. The van der Waals surface area contributed by atoms with Crippen molar-refractivity contribution in [1.82, 2.24) is 5.32 Å². The number of carbonyl (C=O) groups is 2. The Labute approximate surface area is 152 Å². The van der Waals surface area contributed by atoms with Gasteiger partial charge in [0.2, 0.25) is 5.91 Å². The van der Waals surface area contributed by atoms with Crippen LogP contribution in [-0.2, 0) is 4.79 Å². The van der Waals surface area contributed by atoms with Gasteiger partial charge in [-0.15, -0.1) is 0 Å². The smallest absolute Gasteiger partial charge is 0.254 e. The molecule has 2 aromatic carbocycles. The van der Waals surface area contributed by atoms with Gasteiger partial charge in [-0.3, -0.25) is 9.59 Å². The van der Waals surface area contributed by atoms with E-state index in [1.807, 2.05) is 13.0 Å². The van der Waals surface area contributed by atoms with Crippen molar-refractivity contribution < 1.29 is 18.7 Å². The quantitative estimate of drug-likeness (QED) is 0.830. The number of nitrogens with one attached hydrogen (secondary N) is 2. The number of ether oxygens (including phenoxy) is 1. The fourth-order valence-electron chi connectivity index (χ4n) is 2.53. The van der Waals surface area contributed by atoms with Crippen LogP contribution in [0, 0.1) is 18.7 Å². The highest BCUT2D eigenvalue weighted by Gasteiger charge is 2.26. The molecule has 1 atom stereocenters. The van der Waals surface area contributed by atoms with Crippen LogP contribution < -0.4 is 15.4 Å². The Kier molecular flexibility index (Phi) is 6.33. The van der Waals surface area contributed by atoms with Gasteiger partial charge in [-0.1, -0.05) is 32.0 Å². The van der Waals surface area contributed by atoms with Crippen molar-refractivity contribution in [2.45, 2.75) is 26.8 Å². The molecule has 0 aliphatic carbocycles. The lowest BCUT2D eigenvalue weighted by atomic mass is 10.0. The highest BCUT2D eigenvalue weighted by atomic mass is 19.1. The fraction of sp³-hybridized carbons (Fsp3) is 0.300. The van der Waals surface area contributed by atoms with Crippen LogP contribution in [0.1, 0.15) is 29.8 Å². The van der Waals surface area contributed by atoms with E-state index in [-0.39, 0.29) is 11.5 Å². The third-order valence-corrected chi connectivity index (χ3v) is 3.97. The molecule has 0 saturated carbocycles. The lowest BCUT2D eigenvalue weighted by Gasteiger charge is -2.22. The fourth-order valence-corrected chi connectivity index (χ4v) is 2.53. The van der Waals surface area contributed by atoms with Crippen molar-refractivity contribution in [2.24, 2.45) is 5.92 Å². The summed E-state index contributed by atoms with van der Waals surface area (Å²) in [5, 5.41) is 5.40. The molecule has 2 N–H and O–H groups in total. The van der Waals surface area contributed by atoms with Gasteiger partial charge in [0.1, 0.15) is 17.6 Å². The Morgan fingerprint density at radius 1 is 1.12 bits per heavy atom. The molecule has 0 aliphatic heterocycles. The molecule has 26 heavy (non-hydrogen) atoms. The lowest BCUT2D eigenvalue weighted by molar-refractivity contribution is -0.118. The Morgan fingerprint density at radius 3 is 2.42 bits per heavy atom. The number of hydrogen-bond acceptors (Lipinski definition) is 3. The molecule has 0 radical (unpaired) electrons. The number of carbonyl (C=O) groups excluding carboxylic acids is 2. The Morgan fingerprint density at radius 2 is 1.81 bits per heavy atom. The van der Waals surface area contributed by atoms with Crippen molar-refractivity contribution in [2.75, 3.05) is 12.4 Å². The summed E-state index contributed by atoms with van der Waals surface area (Å²) in [6.07, 6.45) is 0. The van der Waals surface area contributed by atoms with E-state index in [9.17, 15) is 14.0 Å². The summed E-state index contributed by atoms with van der Waals surface area (Å²) in [5.41, 5.74) is 1.37. The van der Waals surface area contributed by atoms with Crippen LogP contribution >= 0.6 is 0 Å². The van der Waals surface area contributed by atoms with Gasteiger partial charge in [0.15, 0.2) is 0 Å². The van der Waals surface area contributed by atoms with E-state index in [1.165, 1.54) is 25.3 Å². The van der Waals surface area contributed by atoms with E-state index >= 15 is 0 Å². The summed E-state index contributed by atoms with van der Waals surface area (Å²) in [6, 6.07) is 10.2. The molecule has 0 unspecified atom stereocenters. The zero-order valence-corrected chi connectivity index (χ0v) is 15.3. The average Bonchev–Trinajstić information content (AvgIpc) is 2.59. The van der Waals surface area contributed by atoms with Gasteiger partial charge < -0.3 is 15.4 Å². The van der Waals surface area contributed by atoms with Crippen molar-refractivity contribution in [1.29, 1.82) is 0 Å². The zero-order valence-electron chi connectivity index (χ0n) is 15.3. The SMILES string of the molecule is COc1ccc(C)cc1NC(=O)[C@@H](NC(=O)c1ccccc1F)C(C)C. The Bertz CT molecular complexity index is 805. The first-order valence-electron chi connectivity index (χ1n) is 8.34. The summed E-state index contributed by atoms with van der Waals surface area (Å²) < 4.78 is 19.1. The van der Waals surface area contributed by atoms with Crippen LogP contribution in [-0.4, -0.2) is 25.0 Å².